The number of hydrogen-bond donors (Lipinski definition) is 0. The summed E-state index contributed by atoms with van der Waals surface area (Å²) in [4.78, 5) is 2.40. The van der Waals surface area contributed by atoms with Crippen LogP contribution in [0.1, 0.15) is 11.1 Å². The minimum absolute atomic E-state index is 1.19. The molecule has 0 amide bonds. The van der Waals surface area contributed by atoms with Crippen LogP contribution in [0.3, 0.4) is 0 Å². The zero-order valence-electron chi connectivity index (χ0n) is 16.4. The van der Waals surface area contributed by atoms with Gasteiger partial charge in [0.05, 0.1) is 11.4 Å². The summed E-state index contributed by atoms with van der Waals surface area (Å²) in [6.07, 6.45) is 4.33. The molecule has 4 aromatic rings. The van der Waals surface area contributed by atoms with E-state index in [0.29, 0.717) is 0 Å². The summed E-state index contributed by atoms with van der Waals surface area (Å²) < 4.78 is 1.35. The number of nitrogens with zero attached hydrogens (tertiary/aromatic N) is 1. The second-order valence-electron chi connectivity index (χ2n) is 6.97. The molecule has 142 valence electrons. The Kier molecular flexibility index (Phi) is 4.86. The van der Waals surface area contributed by atoms with Gasteiger partial charge in [-0.2, -0.15) is 0 Å². The summed E-state index contributed by atoms with van der Waals surface area (Å²) in [5.74, 6) is 0. The smallest absolute Gasteiger partial charge is 0.0541 e. The van der Waals surface area contributed by atoms with Gasteiger partial charge in [-0.05, 0) is 47.5 Å². The molecule has 29 heavy (non-hydrogen) atoms. The van der Waals surface area contributed by atoms with E-state index >= 15 is 0 Å². The molecule has 0 aliphatic carbocycles. The maximum absolute atomic E-state index is 2.40. The van der Waals surface area contributed by atoms with Crippen molar-refractivity contribution in [3.05, 3.63) is 106 Å². The van der Waals surface area contributed by atoms with Crippen LogP contribution < -0.4 is 4.90 Å². The molecule has 0 bridgehead atoms. The van der Waals surface area contributed by atoms with E-state index in [2.05, 4.69) is 108 Å². The Balaban J connectivity index is 1.82. The first kappa shape index (κ1) is 18.4. The van der Waals surface area contributed by atoms with Crippen LogP contribution in [-0.4, -0.2) is 12.5 Å². The number of para-hydroxylation sites is 2. The Morgan fingerprint density at radius 1 is 0.621 bits per heavy atom. The topological polar surface area (TPSA) is 3.24 Å². The molecule has 0 N–H and O–H groups in total. The minimum Gasteiger partial charge on any atom is -0.309 e. The Morgan fingerprint density at radius 2 is 1.17 bits per heavy atom. The molecule has 1 nitrogen and oxygen atoms in total. The van der Waals surface area contributed by atoms with Crippen molar-refractivity contribution >= 4 is 56.9 Å². The fourth-order valence-electron chi connectivity index (χ4n) is 4.14. The van der Waals surface area contributed by atoms with Crippen LogP contribution in [-0.2, 0) is 0 Å². The summed E-state index contributed by atoms with van der Waals surface area (Å²) in [6, 6.07) is 32.8. The first-order chi connectivity index (χ1) is 14.3. The molecule has 0 radical (unpaired) electrons. The highest BCUT2D eigenvalue weighted by Gasteiger charge is 2.28. The number of rotatable bonds is 3. The van der Waals surface area contributed by atoms with E-state index in [1.165, 1.54) is 48.8 Å². The van der Waals surface area contributed by atoms with Crippen LogP contribution in [0.4, 0.5) is 17.1 Å². The molecule has 0 saturated carbocycles. The molecule has 0 atom stereocenters. The average molecular weight is 412 g/mol. The van der Waals surface area contributed by atoms with E-state index in [-0.39, 0.29) is 0 Å². The summed E-state index contributed by atoms with van der Waals surface area (Å²) in [5, 5.41) is 2.53. The van der Waals surface area contributed by atoms with Gasteiger partial charge in [0, 0.05) is 26.6 Å². The third-order valence-corrected chi connectivity index (χ3v) is 7.54. The highest BCUT2D eigenvalue weighted by atomic mass is 32.2. The lowest BCUT2D eigenvalue weighted by Gasteiger charge is -2.35. The molecular formula is C26H21NS2. The van der Waals surface area contributed by atoms with E-state index in [1.807, 2.05) is 23.5 Å². The zero-order chi connectivity index (χ0) is 19.8. The molecule has 5 rings (SSSR count). The van der Waals surface area contributed by atoms with Crippen LogP contribution in [0.5, 0.6) is 0 Å². The van der Waals surface area contributed by atoms with Gasteiger partial charge in [0.2, 0.25) is 0 Å². The van der Waals surface area contributed by atoms with Crippen LogP contribution in [0.25, 0.3) is 16.3 Å². The molecule has 0 saturated heterocycles. The van der Waals surface area contributed by atoms with E-state index in [4.69, 9.17) is 0 Å². The predicted molar refractivity (Wildman–Crippen MR) is 132 cm³/mol. The van der Waals surface area contributed by atoms with E-state index in [1.54, 1.807) is 0 Å². The molecule has 1 aliphatic heterocycles. The second-order valence-corrected chi connectivity index (χ2v) is 8.86. The largest absolute Gasteiger partial charge is 0.309 e. The highest BCUT2D eigenvalue weighted by Crippen LogP contribution is 2.52. The third-order valence-electron chi connectivity index (χ3n) is 5.39. The fourth-order valence-corrected chi connectivity index (χ4v) is 5.65. The van der Waals surface area contributed by atoms with Gasteiger partial charge in [-0.15, -0.1) is 23.5 Å². The molecule has 0 fully saturated rings. The van der Waals surface area contributed by atoms with Crippen molar-refractivity contribution in [3.63, 3.8) is 0 Å². The van der Waals surface area contributed by atoms with Gasteiger partial charge in [-0.25, -0.2) is 0 Å². The monoisotopic (exact) mass is 411 g/mol. The van der Waals surface area contributed by atoms with E-state index < -0.39 is 0 Å². The SMILES string of the molecule is CSC(SC)=C1c2ccccc2N(c2ccc3ccccc3c2)c2ccccc21. The van der Waals surface area contributed by atoms with Crippen LogP contribution in [0.2, 0.25) is 0 Å². The van der Waals surface area contributed by atoms with E-state index in [0.717, 1.165) is 0 Å². The molecule has 0 unspecified atom stereocenters. The lowest BCUT2D eigenvalue weighted by Crippen LogP contribution is -2.18. The number of benzene rings is 4. The summed E-state index contributed by atoms with van der Waals surface area (Å²) in [7, 11) is 0. The van der Waals surface area contributed by atoms with Gasteiger partial charge in [0.15, 0.2) is 0 Å². The first-order valence-corrected chi connectivity index (χ1v) is 12.1. The molecule has 3 heteroatoms. The quantitative estimate of drug-likeness (QED) is 0.295. The Morgan fingerprint density at radius 3 is 1.79 bits per heavy atom. The van der Waals surface area contributed by atoms with Crippen molar-refractivity contribution in [2.24, 2.45) is 0 Å². The van der Waals surface area contributed by atoms with Crippen molar-refractivity contribution in [1.29, 1.82) is 0 Å². The second kappa shape index (κ2) is 7.66. The van der Waals surface area contributed by atoms with Gasteiger partial charge in [0.25, 0.3) is 0 Å². The number of fused-ring (bicyclic) bond motifs is 3. The Hall–Kier alpha value is -2.62. The van der Waals surface area contributed by atoms with Gasteiger partial charge in [-0.1, -0.05) is 66.7 Å². The predicted octanol–water partition coefficient (Wildman–Crippen LogP) is 8.07. The Labute approximate surface area is 180 Å². The minimum atomic E-state index is 1.19. The third kappa shape index (κ3) is 3.06. The highest BCUT2D eigenvalue weighted by molar-refractivity contribution is 8.21. The summed E-state index contributed by atoms with van der Waals surface area (Å²) in [5.41, 5.74) is 7.58. The molecule has 1 aliphatic rings. The van der Waals surface area contributed by atoms with Gasteiger partial charge < -0.3 is 4.90 Å². The lowest BCUT2D eigenvalue weighted by molar-refractivity contribution is 1.24. The molecule has 4 aromatic carbocycles. The molecule has 1 heterocycles. The number of hydrogen-bond acceptors (Lipinski definition) is 3. The fraction of sp³-hybridized carbons (Fsp3) is 0.0769. The van der Waals surface area contributed by atoms with Crippen molar-refractivity contribution in [3.8, 4) is 0 Å². The van der Waals surface area contributed by atoms with Crippen molar-refractivity contribution in [1.82, 2.24) is 0 Å². The first-order valence-electron chi connectivity index (χ1n) is 9.62. The molecular weight excluding hydrogens is 390 g/mol. The molecule has 0 spiro atoms. The maximum atomic E-state index is 2.40. The van der Waals surface area contributed by atoms with Crippen molar-refractivity contribution < 1.29 is 0 Å². The summed E-state index contributed by atoms with van der Waals surface area (Å²) in [6.45, 7) is 0. The average Bonchev–Trinajstić information content (AvgIpc) is 2.79. The molecule has 0 aromatic heterocycles. The van der Waals surface area contributed by atoms with Gasteiger partial charge in [0.1, 0.15) is 0 Å². The lowest BCUT2D eigenvalue weighted by atomic mass is 9.90. The van der Waals surface area contributed by atoms with Crippen LogP contribution in [0.15, 0.2) is 95.2 Å². The number of thioether (sulfide) groups is 2. The van der Waals surface area contributed by atoms with Crippen LogP contribution >= 0.6 is 23.5 Å². The maximum Gasteiger partial charge on any atom is 0.0541 e. The Bertz CT molecular complexity index is 1190. The zero-order valence-corrected chi connectivity index (χ0v) is 18.1. The van der Waals surface area contributed by atoms with Crippen molar-refractivity contribution in [2.45, 2.75) is 0 Å². The number of anilines is 3. The van der Waals surface area contributed by atoms with E-state index in [9.17, 15) is 0 Å². The van der Waals surface area contributed by atoms with Gasteiger partial charge >= 0.3 is 0 Å². The van der Waals surface area contributed by atoms with Gasteiger partial charge in [-0.3, -0.25) is 0 Å². The van der Waals surface area contributed by atoms with Crippen molar-refractivity contribution in [2.75, 3.05) is 17.4 Å². The summed E-state index contributed by atoms with van der Waals surface area (Å²) >= 11 is 3.65. The van der Waals surface area contributed by atoms with Crippen LogP contribution in [0, 0.1) is 0 Å². The normalized spacial score (nSPS) is 12.6. The standard InChI is InChI=1S/C26H21NS2/c1-28-26(29-2)25-21-11-5-7-13-23(21)27(24-14-8-6-12-22(24)25)20-16-15-18-9-3-4-10-19(18)17-20/h3-17H,1-2H3.